The summed E-state index contributed by atoms with van der Waals surface area (Å²) in [6.45, 7) is 1.45. The second-order valence-electron chi connectivity index (χ2n) is 7.19. The molecule has 1 saturated heterocycles. The molecule has 3 atom stereocenters. The van der Waals surface area contributed by atoms with Gasteiger partial charge in [0.25, 0.3) is 0 Å². The Labute approximate surface area is 182 Å². The lowest BCUT2D eigenvalue weighted by molar-refractivity contribution is -0.0491. The molecule has 170 valence electrons. The average molecular weight is 463 g/mol. The maximum atomic E-state index is 12.8. The fourth-order valence-corrected chi connectivity index (χ4v) is 3.97. The van der Waals surface area contributed by atoms with Gasteiger partial charge < -0.3 is 25.0 Å². The molecule has 4 rings (SSSR count). The molecule has 32 heavy (non-hydrogen) atoms. The van der Waals surface area contributed by atoms with Gasteiger partial charge in [0.1, 0.15) is 30.3 Å². The highest BCUT2D eigenvalue weighted by molar-refractivity contribution is 7.46. The van der Waals surface area contributed by atoms with Gasteiger partial charge in [-0.25, -0.2) is 24.3 Å². The maximum absolute atomic E-state index is 12.8. The van der Waals surface area contributed by atoms with Crippen LogP contribution in [0.25, 0.3) is 11.2 Å². The van der Waals surface area contributed by atoms with Gasteiger partial charge in [-0.1, -0.05) is 25.1 Å². The van der Waals surface area contributed by atoms with Gasteiger partial charge in [0.15, 0.2) is 11.5 Å². The first kappa shape index (κ1) is 22.3. The highest BCUT2D eigenvalue weighted by Gasteiger charge is 2.41. The average Bonchev–Trinajstić information content (AvgIpc) is 3.36. The topological polar surface area (TPSA) is 172 Å². The van der Waals surface area contributed by atoms with Crippen LogP contribution in [0.4, 0.5) is 5.82 Å². The SMILES string of the molecule is CCc1ccccc1C(=O)OC1C[C@H](n2cnc3c(N)ncnc32)O[C@@H]1COP(=O)(O)O. The van der Waals surface area contributed by atoms with Gasteiger partial charge in [-0.2, -0.15) is 0 Å². The van der Waals surface area contributed by atoms with E-state index in [1.54, 1.807) is 16.7 Å². The van der Waals surface area contributed by atoms with Crippen LogP contribution in [0.2, 0.25) is 0 Å². The first-order chi connectivity index (χ1) is 15.3. The van der Waals surface area contributed by atoms with Crippen LogP contribution in [-0.4, -0.2) is 54.1 Å². The van der Waals surface area contributed by atoms with Crippen molar-refractivity contribution in [1.29, 1.82) is 0 Å². The maximum Gasteiger partial charge on any atom is 0.469 e. The molecule has 1 aromatic carbocycles. The van der Waals surface area contributed by atoms with Crippen molar-refractivity contribution in [2.75, 3.05) is 12.3 Å². The van der Waals surface area contributed by atoms with E-state index in [1.807, 2.05) is 19.1 Å². The zero-order valence-electron chi connectivity index (χ0n) is 17.1. The van der Waals surface area contributed by atoms with Crippen molar-refractivity contribution in [2.24, 2.45) is 0 Å². The monoisotopic (exact) mass is 463 g/mol. The van der Waals surface area contributed by atoms with Crippen LogP contribution in [-0.2, 0) is 25.0 Å². The van der Waals surface area contributed by atoms with Crippen LogP contribution in [0.1, 0.15) is 35.5 Å². The molecule has 2 aromatic heterocycles. The highest BCUT2D eigenvalue weighted by atomic mass is 31.2. The van der Waals surface area contributed by atoms with Crippen molar-refractivity contribution in [3.05, 3.63) is 48.0 Å². The Bertz CT molecular complexity index is 1180. The predicted octanol–water partition coefficient (Wildman–Crippen LogP) is 1.59. The third kappa shape index (κ3) is 4.64. The molecule has 0 spiro atoms. The Kier molecular flexibility index (Phi) is 6.22. The standard InChI is InChI=1S/C19H22N5O7P/c1-2-11-5-3-4-6-12(11)19(25)31-13-7-15(30-14(13)8-29-32(26,27)28)24-10-23-16-17(20)21-9-22-18(16)24/h3-6,9-10,13-15H,2,7-8H2,1H3,(H2,20,21,22)(H2,26,27,28)/t13?,14-,15-/m1/s1. The second-order valence-corrected chi connectivity index (χ2v) is 8.43. The van der Waals surface area contributed by atoms with E-state index in [0.29, 0.717) is 23.1 Å². The quantitative estimate of drug-likeness (QED) is 0.343. The number of aryl methyl sites for hydroxylation is 1. The Balaban J connectivity index is 1.59. The van der Waals surface area contributed by atoms with Gasteiger partial charge in [0, 0.05) is 6.42 Å². The fourth-order valence-electron chi connectivity index (χ4n) is 3.63. The molecule has 3 heterocycles. The van der Waals surface area contributed by atoms with Crippen molar-refractivity contribution in [2.45, 2.75) is 38.2 Å². The van der Waals surface area contributed by atoms with Crippen molar-refractivity contribution < 1.29 is 33.1 Å². The largest absolute Gasteiger partial charge is 0.469 e. The number of carbonyl (C=O) groups is 1. The number of aromatic nitrogens is 4. The summed E-state index contributed by atoms with van der Waals surface area (Å²) in [6.07, 6.45) is 1.14. The summed E-state index contributed by atoms with van der Waals surface area (Å²) in [6, 6.07) is 7.07. The van der Waals surface area contributed by atoms with Crippen LogP contribution in [0.3, 0.4) is 0 Å². The van der Waals surface area contributed by atoms with Crippen LogP contribution < -0.4 is 5.73 Å². The van der Waals surface area contributed by atoms with Gasteiger partial charge in [0.2, 0.25) is 0 Å². The van der Waals surface area contributed by atoms with E-state index in [1.165, 1.54) is 12.7 Å². The number of imidazole rings is 1. The third-order valence-electron chi connectivity index (χ3n) is 5.16. The van der Waals surface area contributed by atoms with E-state index in [2.05, 4.69) is 19.5 Å². The molecule has 0 saturated carbocycles. The molecule has 0 aliphatic carbocycles. The van der Waals surface area contributed by atoms with Gasteiger partial charge in [-0.15, -0.1) is 0 Å². The first-order valence-corrected chi connectivity index (χ1v) is 11.4. The number of anilines is 1. The minimum Gasteiger partial charge on any atom is -0.456 e. The summed E-state index contributed by atoms with van der Waals surface area (Å²) in [5, 5.41) is 0. The number of nitrogen functional groups attached to an aromatic ring is 1. The molecule has 0 bridgehead atoms. The predicted molar refractivity (Wildman–Crippen MR) is 111 cm³/mol. The van der Waals surface area contributed by atoms with Crippen LogP contribution in [0.15, 0.2) is 36.9 Å². The van der Waals surface area contributed by atoms with Gasteiger partial charge in [-0.3, -0.25) is 9.09 Å². The zero-order chi connectivity index (χ0) is 22.9. The molecule has 3 aromatic rings. The molecule has 4 N–H and O–H groups in total. The smallest absolute Gasteiger partial charge is 0.456 e. The van der Waals surface area contributed by atoms with E-state index in [9.17, 15) is 9.36 Å². The highest BCUT2D eigenvalue weighted by Crippen LogP contribution is 2.39. The Hall–Kier alpha value is -2.89. The van der Waals surface area contributed by atoms with Crippen LogP contribution in [0.5, 0.6) is 0 Å². The van der Waals surface area contributed by atoms with Crippen molar-refractivity contribution >= 4 is 30.8 Å². The summed E-state index contributed by atoms with van der Waals surface area (Å²) in [4.78, 5) is 43.3. The summed E-state index contributed by atoms with van der Waals surface area (Å²) >= 11 is 0. The molecular weight excluding hydrogens is 441 g/mol. The number of ether oxygens (including phenoxy) is 2. The minimum atomic E-state index is -4.75. The van der Waals surface area contributed by atoms with E-state index in [-0.39, 0.29) is 12.2 Å². The van der Waals surface area contributed by atoms with E-state index >= 15 is 0 Å². The summed E-state index contributed by atoms with van der Waals surface area (Å²) in [5.74, 6) is -0.354. The number of nitrogens with two attached hydrogens (primary N) is 1. The summed E-state index contributed by atoms with van der Waals surface area (Å²) in [5.41, 5.74) is 7.88. The van der Waals surface area contributed by atoms with E-state index in [4.69, 9.17) is 25.0 Å². The number of hydrogen-bond acceptors (Lipinski definition) is 9. The number of phosphoric ester groups is 1. The molecular formula is C19H22N5O7P. The number of esters is 1. The zero-order valence-corrected chi connectivity index (χ0v) is 18.0. The second kappa shape index (κ2) is 8.93. The molecule has 13 heteroatoms. The van der Waals surface area contributed by atoms with Gasteiger partial charge in [-0.05, 0) is 18.1 Å². The Morgan fingerprint density at radius 3 is 2.84 bits per heavy atom. The molecule has 0 radical (unpaired) electrons. The Morgan fingerprint density at radius 2 is 2.09 bits per heavy atom. The molecule has 0 amide bonds. The Morgan fingerprint density at radius 1 is 1.31 bits per heavy atom. The number of phosphoric acid groups is 1. The van der Waals surface area contributed by atoms with Crippen molar-refractivity contribution in [1.82, 2.24) is 19.5 Å². The van der Waals surface area contributed by atoms with Gasteiger partial charge >= 0.3 is 13.8 Å². The number of rotatable bonds is 7. The van der Waals surface area contributed by atoms with E-state index in [0.717, 1.165) is 5.56 Å². The lowest BCUT2D eigenvalue weighted by atomic mass is 10.1. The van der Waals surface area contributed by atoms with Crippen molar-refractivity contribution in [3.63, 3.8) is 0 Å². The lowest BCUT2D eigenvalue weighted by Gasteiger charge is -2.19. The lowest BCUT2D eigenvalue weighted by Crippen LogP contribution is -2.31. The minimum absolute atomic E-state index is 0.185. The molecule has 1 aliphatic heterocycles. The molecule has 1 aliphatic rings. The van der Waals surface area contributed by atoms with Gasteiger partial charge in [0.05, 0.1) is 18.5 Å². The normalized spacial score (nSPS) is 21.2. The van der Waals surface area contributed by atoms with E-state index < -0.39 is 38.8 Å². The number of hydrogen-bond donors (Lipinski definition) is 3. The first-order valence-electron chi connectivity index (χ1n) is 9.84. The number of carbonyl (C=O) groups excluding carboxylic acids is 1. The number of nitrogens with zero attached hydrogens (tertiary/aromatic N) is 4. The molecule has 1 fully saturated rings. The number of benzene rings is 1. The number of fused-ring (bicyclic) bond motifs is 1. The summed E-state index contributed by atoms with van der Waals surface area (Å²) < 4.78 is 29.1. The molecule has 12 nitrogen and oxygen atoms in total. The fraction of sp³-hybridized carbons (Fsp3) is 0.368. The van der Waals surface area contributed by atoms with Crippen molar-refractivity contribution in [3.8, 4) is 0 Å². The van der Waals surface area contributed by atoms with Crippen LogP contribution in [0, 0.1) is 0 Å². The van der Waals surface area contributed by atoms with Crippen LogP contribution >= 0.6 is 7.82 Å². The summed E-state index contributed by atoms with van der Waals surface area (Å²) in [7, 11) is -4.75. The third-order valence-corrected chi connectivity index (χ3v) is 5.65. The molecule has 1 unspecified atom stereocenters.